The topological polar surface area (TPSA) is 272 Å². The summed E-state index contributed by atoms with van der Waals surface area (Å²) in [5.74, 6) is -6.16. The molecule has 0 spiro atoms. The van der Waals surface area contributed by atoms with Crippen molar-refractivity contribution in [3.63, 3.8) is 0 Å². The Kier molecular flexibility index (Phi) is 15.7. The van der Waals surface area contributed by atoms with Gasteiger partial charge in [-0.25, -0.2) is 4.79 Å². The summed E-state index contributed by atoms with van der Waals surface area (Å²) in [6, 6.07) is 8.97. The third kappa shape index (κ3) is 14.0. The van der Waals surface area contributed by atoms with Gasteiger partial charge >= 0.3 is 5.97 Å². The number of nitrogens with one attached hydrogen (secondary N) is 5. The summed E-state index contributed by atoms with van der Waals surface area (Å²) >= 11 is 0. The van der Waals surface area contributed by atoms with Gasteiger partial charge in [-0.1, -0.05) is 56.3 Å². The minimum atomic E-state index is -1.43. The molecule has 0 fully saturated rings. The predicted molar refractivity (Wildman–Crippen MR) is 177 cm³/mol. The van der Waals surface area contributed by atoms with Crippen LogP contribution in [0.2, 0.25) is 0 Å². The Morgan fingerprint density at radius 1 is 0.714 bits per heavy atom. The molecule has 2 aromatic carbocycles. The lowest BCUT2D eigenvalue weighted by atomic mass is 10.00. The van der Waals surface area contributed by atoms with Crippen molar-refractivity contribution in [2.24, 2.45) is 17.4 Å². The van der Waals surface area contributed by atoms with Crippen LogP contribution in [0.4, 0.5) is 0 Å². The largest absolute Gasteiger partial charge is 0.508 e. The summed E-state index contributed by atoms with van der Waals surface area (Å²) in [7, 11) is 0. The molecule has 0 aliphatic rings. The number of phenolic OH excluding ortho intramolecular Hbond substituents is 1. The molecule has 5 atom stereocenters. The van der Waals surface area contributed by atoms with Crippen molar-refractivity contribution in [1.82, 2.24) is 26.6 Å². The maximum absolute atomic E-state index is 13.5. The predicted octanol–water partition coefficient (Wildman–Crippen LogP) is -1.41. The van der Waals surface area contributed by atoms with Gasteiger partial charge in [-0.3, -0.25) is 28.8 Å². The maximum atomic E-state index is 13.5. The minimum absolute atomic E-state index is 0.0144. The SMILES string of the molecule is CC(C)[C@H](NC(=O)[C@H](Cc1ccccc1)NC(=O)CNC(=O)[C@@H](C)NC(=O)[C@@H](N)Cc1ccc(O)cc1)C(=O)N[C@@H](CCC(N)=O)C(=O)O. The molecule has 0 unspecified atom stereocenters. The Morgan fingerprint density at radius 3 is 1.90 bits per heavy atom. The van der Waals surface area contributed by atoms with Gasteiger partial charge in [0.2, 0.25) is 35.4 Å². The quantitative estimate of drug-likeness (QED) is 0.0834. The van der Waals surface area contributed by atoms with Crippen molar-refractivity contribution in [1.29, 1.82) is 0 Å². The molecule has 2 rings (SSSR count). The summed E-state index contributed by atoms with van der Waals surface area (Å²) in [4.78, 5) is 87.4. The standard InChI is InChI=1S/C33H45N7O9/c1-18(2)28(32(47)39-24(33(48)49)13-14-26(35)42)40-31(46)25(16-20-7-5-4-6-8-20)38-27(43)17-36-29(44)19(3)37-30(45)23(34)15-21-9-11-22(41)12-10-21/h4-12,18-19,23-25,28,41H,13-17,34H2,1-3H3,(H2,35,42)(H,36,44)(H,37,45)(H,38,43)(H,39,47)(H,40,46)(H,48,49)/t19-,23+,24+,25+,28+/m1/s1. The second-order valence-electron chi connectivity index (χ2n) is 11.9. The van der Waals surface area contributed by atoms with E-state index >= 15 is 0 Å². The summed E-state index contributed by atoms with van der Waals surface area (Å²) in [6.45, 7) is 4.11. The number of carboxylic acids is 1. The second-order valence-corrected chi connectivity index (χ2v) is 11.9. The molecular weight excluding hydrogens is 638 g/mol. The molecule has 266 valence electrons. The van der Waals surface area contributed by atoms with Crippen molar-refractivity contribution in [2.75, 3.05) is 6.54 Å². The number of nitrogens with two attached hydrogens (primary N) is 2. The van der Waals surface area contributed by atoms with Gasteiger partial charge in [0.25, 0.3) is 0 Å². The Labute approximate surface area is 283 Å². The van der Waals surface area contributed by atoms with Crippen LogP contribution < -0.4 is 38.1 Å². The highest BCUT2D eigenvalue weighted by Crippen LogP contribution is 2.11. The molecule has 0 radical (unpaired) electrons. The first kappa shape index (κ1) is 39.7. The summed E-state index contributed by atoms with van der Waals surface area (Å²) in [6.07, 6.45) is -0.358. The minimum Gasteiger partial charge on any atom is -0.508 e. The van der Waals surface area contributed by atoms with Gasteiger partial charge in [-0.05, 0) is 48.9 Å². The molecule has 6 amide bonds. The molecule has 49 heavy (non-hydrogen) atoms. The fourth-order valence-electron chi connectivity index (χ4n) is 4.58. The van der Waals surface area contributed by atoms with Crippen LogP contribution in [0.15, 0.2) is 54.6 Å². The van der Waals surface area contributed by atoms with E-state index in [4.69, 9.17) is 11.5 Å². The van der Waals surface area contributed by atoms with Gasteiger partial charge < -0.3 is 48.3 Å². The van der Waals surface area contributed by atoms with Crippen LogP contribution in [0.25, 0.3) is 0 Å². The number of phenols is 1. The van der Waals surface area contributed by atoms with Gasteiger partial charge in [-0.15, -0.1) is 0 Å². The van der Waals surface area contributed by atoms with E-state index < -0.39 is 84.1 Å². The molecule has 0 aromatic heterocycles. The lowest BCUT2D eigenvalue weighted by molar-refractivity contribution is -0.143. The Bertz CT molecular complexity index is 1470. The van der Waals surface area contributed by atoms with Crippen LogP contribution in [0.3, 0.4) is 0 Å². The van der Waals surface area contributed by atoms with Crippen LogP contribution in [0.1, 0.15) is 44.7 Å². The van der Waals surface area contributed by atoms with Crippen LogP contribution >= 0.6 is 0 Å². The number of hydrogen-bond acceptors (Lipinski definition) is 9. The average molecular weight is 684 g/mol. The van der Waals surface area contributed by atoms with Crippen LogP contribution in [0, 0.1) is 5.92 Å². The molecular formula is C33H45N7O9. The highest BCUT2D eigenvalue weighted by atomic mass is 16.4. The summed E-state index contributed by atoms with van der Waals surface area (Å²) < 4.78 is 0. The van der Waals surface area contributed by atoms with Gasteiger partial charge in [0.15, 0.2) is 0 Å². The first-order chi connectivity index (χ1) is 23.1. The van der Waals surface area contributed by atoms with E-state index in [0.29, 0.717) is 11.1 Å². The summed E-state index contributed by atoms with van der Waals surface area (Å²) in [5, 5.41) is 31.2. The maximum Gasteiger partial charge on any atom is 0.326 e. The number of amides is 6. The number of rotatable bonds is 19. The number of carboxylic acid groups (broad SMARTS) is 1. The third-order valence-electron chi connectivity index (χ3n) is 7.38. The first-order valence-electron chi connectivity index (χ1n) is 15.6. The van der Waals surface area contributed by atoms with E-state index in [0.717, 1.165) is 0 Å². The smallest absolute Gasteiger partial charge is 0.326 e. The number of hydrogen-bond donors (Lipinski definition) is 9. The van der Waals surface area contributed by atoms with Gasteiger partial charge in [0, 0.05) is 12.8 Å². The Hall–Kier alpha value is -5.51. The highest BCUT2D eigenvalue weighted by molar-refractivity contribution is 5.95. The molecule has 16 heteroatoms. The highest BCUT2D eigenvalue weighted by Gasteiger charge is 2.32. The zero-order chi connectivity index (χ0) is 36.7. The van der Waals surface area contributed by atoms with E-state index in [2.05, 4.69) is 26.6 Å². The van der Waals surface area contributed by atoms with Crippen molar-refractivity contribution in [2.45, 2.75) is 76.7 Å². The lowest BCUT2D eigenvalue weighted by Gasteiger charge is -2.26. The van der Waals surface area contributed by atoms with E-state index in [1.165, 1.54) is 19.1 Å². The molecule has 16 nitrogen and oxygen atoms in total. The van der Waals surface area contributed by atoms with Gasteiger partial charge in [-0.2, -0.15) is 0 Å². The van der Waals surface area contributed by atoms with Crippen LogP contribution in [-0.2, 0) is 46.4 Å². The van der Waals surface area contributed by atoms with Crippen molar-refractivity contribution in [3.05, 3.63) is 65.7 Å². The number of benzene rings is 2. The van der Waals surface area contributed by atoms with Crippen LogP contribution in [0.5, 0.6) is 5.75 Å². The van der Waals surface area contributed by atoms with Gasteiger partial charge in [0.05, 0.1) is 12.6 Å². The van der Waals surface area contributed by atoms with Crippen molar-refractivity contribution in [3.8, 4) is 5.75 Å². The summed E-state index contributed by atoms with van der Waals surface area (Å²) in [5.41, 5.74) is 12.4. The average Bonchev–Trinajstić information content (AvgIpc) is 3.04. The fourth-order valence-corrected chi connectivity index (χ4v) is 4.58. The zero-order valence-electron chi connectivity index (χ0n) is 27.6. The van der Waals surface area contributed by atoms with E-state index in [-0.39, 0.29) is 31.4 Å². The normalized spacial score (nSPS) is 13.9. The lowest BCUT2D eigenvalue weighted by Crippen LogP contribution is -2.58. The monoisotopic (exact) mass is 683 g/mol. The molecule has 0 aliphatic carbocycles. The van der Waals surface area contributed by atoms with Gasteiger partial charge in [0.1, 0.15) is 29.9 Å². The number of aromatic hydroxyl groups is 1. The Morgan fingerprint density at radius 2 is 1.33 bits per heavy atom. The molecule has 11 N–H and O–H groups in total. The van der Waals surface area contributed by atoms with Crippen molar-refractivity contribution < 1.29 is 43.8 Å². The van der Waals surface area contributed by atoms with E-state index in [1.807, 2.05) is 0 Å². The molecule has 0 bridgehead atoms. The fraction of sp³-hybridized carbons (Fsp3) is 0.424. The molecule has 2 aromatic rings. The number of primary amides is 1. The van der Waals surface area contributed by atoms with E-state index in [9.17, 15) is 43.8 Å². The molecule has 0 aliphatic heterocycles. The van der Waals surface area contributed by atoms with Crippen molar-refractivity contribution >= 4 is 41.4 Å². The Balaban J connectivity index is 2.04. The number of carbonyl (C=O) groups excluding carboxylic acids is 6. The third-order valence-corrected chi connectivity index (χ3v) is 7.38. The number of carbonyl (C=O) groups is 7. The zero-order valence-corrected chi connectivity index (χ0v) is 27.6. The second kappa shape index (κ2) is 19.3. The van der Waals surface area contributed by atoms with Crippen LogP contribution in [-0.4, -0.2) is 88.4 Å². The first-order valence-corrected chi connectivity index (χ1v) is 15.6. The van der Waals surface area contributed by atoms with E-state index in [1.54, 1.807) is 56.3 Å². The molecule has 0 heterocycles. The number of aliphatic carboxylic acids is 1. The molecule has 0 saturated heterocycles. The molecule has 0 saturated carbocycles.